The van der Waals surface area contributed by atoms with Gasteiger partial charge in [-0.2, -0.15) is 0 Å². The molecule has 74 valence electrons. The van der Waals surface area contributed by atoms with Crippen LogP contribution in [0, 0.1) is 0 Å². The number of benzene rings is 1. The summed E-state index contributed by atoms with van der Waals surface area (Å²) in [5.74, 6) is 0.0991. The predicted octanol–water partition coefficient (Wildman–Crippen LogP) is 1.67. The van der Waals surface area contributed by atoms with Gasteiger partial charge in [0, 0.05) is 11.3 Å². The number of aromatic hydroxyl groups is 1. The van der Waals surface area contributed by atoms with Crippen LogP contribution in [-0.4, -0.2) is 10.9 Å². The molecule has 0 radical (unpaired) electrons. The van der Waals surface area contributed by atoms with E-state index in [1.807, 2.05) is 0 Å². The minimum absolute atomic E-state index is 0.0734. The Morgan fingerprint density at radius 1 is 1.21 bits per heavy atom. The predicted molar refractivity (Wildman–Crippen MR) is 55.6 cm³/mol. The van der Waals surface area contributed by atoms with Gasteiger partial charge in [-0.3, -0.25) is 4.79 Å². The third-order valence-corrected chi connectivity index (χ3v) is 1.90. The summed E-state index contributed by atoms with van der Waals surface area (Å²) in [5.41, 5.74) is 7.33. The van der Waals surface area contributed by atoms with Crippen molar-refractivity contribution in [1.82, 2.24) is 0 Å². The fourth-order valence-corrected chi connectivity index (χ4v) is 1.34. The van der Waals surface area contributed by atoms with E-state index >= 15 is 0 Å². The largest absolute Gasteiger partial charge is 0.508 e. The Balaban J connectivity index is 3.21. The average Bonchev–Trinajstić information content (AvgIpc) is 2.07. The van der Waals surface area contributed by atoms with Crippen LogP contribution in [0.1, 0.15) is 19.4 Å². The number of carbonyl (C=O) groups is 1. The van der Waals surface area contributed by atoms with Crippen molar-refractivity contribution in [2.45, 2.75) is 13.8 Å². The number of carbonyl (C=O) groups excluding carboxylic acids is 1. The normalized spacial score (nSPS) is 12.1. The number of hydrogen-bond acceptors (Lipinski definition) is 3. The van der Waals surface area contributed by atoms with E-state index in [-0.39, 0.29) is 11.5 Å². The van der Waals surface area contributed by atoms with Crippen LogP contribution in [0.15, 0.2) is 30.0 Å². The zero-order valence-electron chi connectivity index (χ0n) is 8.24. The number of Topliss-reactive ketones (excluding diaryl/α,β-unsaturated/α-hetero) is 1. The number of nitrogens with two attached hydrogens (primary N) is 1. The first kappa shape index (κ1) is 10.3. The maximum Gasteiger partial charge on any atom is 0.162 e. The zero-order valence-corrected chi connectivity index (χ0v) is 8.24. The van der Waals surface area contributed by atoms with Gasteiger partial charge in [0.25, 0.3) is 0 Å². The minimum Gasteiger partial charge on any atom is -0.508 e. The van der Waals surface area contributed by atoms with Crippen molar-refractivity contribution in [3.8, 4) is 5.75 Å². The summed E-state index contributed by atoms with van der Waals surface area (Å²) in [6.07, 6.45) is 0. The Bertz CT molecular complexity index is 373. The summed E-state index contributed by atoms with van der Waals surface area (Å²) in [5, 5.41) is 9.08. The third-order valence-electron chi connectivity index (χ3n) is 1.90. The van der Waals surface area contributed by atoms with Crippen molar-refractivity contribution >= 4 is 11.4 Å². The number of rotatable bonds is 2. The van der Waals surface area contributed by atoms with Gasteiger partial charge in [0.2, 0.25) is 0 Å². The summed E-state index contributed by atoms with van der Waals surface area (Å²) in [7, 11) is 0. The quantitative estimate of drug-likeness (QED) is 0.699. The second-order valence-electron chi connectivity index (χ2n) is 3.16. The van der Waals surface area contributed by atoms with E-state index in [0.29, 0.717) is 11.3 Å². The summed E-state index contributed by atoms with van der Waals surface area (Å²) >= 11 is 0. The Morgan fingerprint density at radius 3 is 2.07 bits per heavy atom. The van der Waals surface area contributed by atoms with Crippen molar-refractivity contribution in [2.24, 2.45) is 5.73 Å². The lowest BCUT2D eigenvalue weighted by Gasteiger charge is -2.06. The second-order valence-corrected chi connectivity index (χ2v) is 3.16. The fourth-order valence-electron chi connectivity index (χ4n) is 1.34. The van der Waals surface area contributed by atoms with Crippen LogP contribution in [0.5, 0.6) is 5.75 Å². The third kappa shape index (κ3) is 2.13. The van der Waals surface area contributed by atoms with Crippen molar-refractivity contribution in [3.05, 3.63) is 35.5 Å². The van der Waals surface area contributed by atoms with Gasteiger partial charge in [0.05, 0.1) is 0 Å². The molecule has 0 aliphatic heterocycles. The molecular formula is C11H13NO2. The molecular weight excluding hydrogens is 178 g/mol. The first-order valence-corrected chi connectivity index (χ1v) is 4.29. The Morgan fingerprint density at radius 2 is 1.71 bits per heavy atom. The van der Waals surface area contributed by atoms with Crippen molar-refractivity contribution in [2.75, 3.05) is 0 Å². The van der Waals surface area contributed by atoms with E-state index in [1.165, 1.54) is 19.1 Å². The van der Waals surface area contributed by atoms with E-state index < -0.39 is 0 Å². The van der Waals surface area contributed by atoms with Crippen LogP contribution < -0.4 is 5.73 Å². The summed E-state index contributed by atoms with van der Waals surface area (Å²) < 4.78 is 0. The summed E-state index contributed by atoms with van der Waals surface area (Å²) in [4.78, 5) is 11.3. The van der Waals surface area contributed by atoms with E-state index in [2.05, 4.69) is 0 Å². The Labute approximate surface area is 82.9 Å². The molecule has 3 N–H and O–H groups in total. The Kier molecular flexibility index (Phi) is 2.92. The number of hydrogen-bond donors (Lipinski definition) is 2. The van der Waals surface area contributed by atoms with Crippen LogP contribution in [-0.2, 0) is 4.79 Å². The topological polar surface area (TPSA) is 63.3 Å². The molecule has 0 unspecified atom stereocenters. The van der Waals surface area contributed by atoms with Gasteiger partial charge in [-0.15, -0.1) is 0 Å². The minimum atomic E-state index is -0.0734. The molecule has 3 heteroatoms. The van der Waals surface area contributed by atoms with E-state index in [4.69, 9.17) is 10.8 Å². The first-order valence-electron chi connectivity index (χ1n) is 4.29. The number of phenols is 1. The molecule has 0 saturated heterocycles. The molecule has 0 aliphatic rings. The molecule has 0 atom stereocenters. The highest BCUT2D eigenvalue weighted by Crippen LogP contribution is 2.20. The molecule has 1 aromatic rings. The number of allylic oxidation sites excluding steroid dienone is 2. The van der Waals surface area contributed by atoms with Crippen LogP contribution >= 0.6 is 0 Å². The molecule has 0 fully saturated rings. The second kappa shape index (κ2) is 3.96. The van der Waals surface area contributed by atoms with Crippen LogP contribution in [0.3, 0.4) is 0 Å². The summed E-state index contributed by atoms with van der Waals surface area (Å²) in [6, 6.07) is 6.40. The molecule has 0 amide bonds. The standard InChI is InChI=1S/C11H13NO2/c1-7(12)11(8(2)13)9-3-5-10(14)6-4-9/h3-6,14H,12H2,1-2H3/b11-7-. The lowest BCUT2D eigenvalue weighted by Crippen LogP contribution is -2.04. The molecule has 0 heterocycles. The molecule has 0 aromatic heterocycles. The first-order chi connectivity index (χ1) is 6.52. The lowest BCUT2D eigenvalue weighted by molar-refractivity contribution is -0.111. The highest BCUT2D eigenvalue weighted by molar-refractivity contribution is 6.20. The van der Waals surface area contributed by atoms with Crippen LogP contribution in [0.4, 0.5) is 0 Å². The maximum atomic E-state index is 11.3. The summed E-state index contributed by atoms with van der Waals surface area (Å²) in [6.45, 7) is 3.15. The van der Waals surface area contributed by atoms with Crippen LogP contribution in [0.25, 0.3) is 5.57 Å². The van der Waals surface area contributed by atoms with Gasteiger partial charge in [-0.1, -0.05) is 12.1 Å². The van der Waals surface area contributed by atoms with Crippen LogP contribution in [0.2, 0.25) is 0 Å². The molecule has 0 saturated carbocycles. The van der Waals surface area contributed by atoms with Crippen molar-refractivity contribution in [1.29, 1.82) is 0 Å². The number of phenolic OH excluding ortho intramolecular Hbond substituents is 1. The molecule has 1 aromatic carbocycles. The number of ketones is 1. The highest BCUT2D eigenvalue weighted by Gasteiger charge is 2.09. The molecule has 3 nitrogen and oxygen atoms in total. The van der Waals surface area contributed by atoms with E-state index in [1.54, 1.807) is 19.1 Å². The van der Waals surface area contributed by atoms with Gasteiger partial charge in [-0.25, -0.2) is 0 Å². The zero-order chi connectivity index (χ0) is 10.7. The fraction of sp³-hybridized carbons (Fsp3) is 0.182. The van der Waals surface area contributed by atoms with Crippen molar-refractivity contribution < 1.29 is 9.90 Å². The van der Waals surface area contributed by atoms with E-state index in [9.17, 15) is 4.79 Å². The monoisotopic (exact) mass is 191 g/mol. The highest BCUT2D eigenvalue weighted by atomic mass is 16.3. The molecule has 1 rings (SSSR count). The van der Waals surface area contributed by atoms with Gasteiger partial charge in [0.1, 0.15) is 5.75 Å². The van der Waals surface area contributed by atoms with Gasteiger partial charge >= 0.3 is 0 Å². The lowest BCUT2D eigenvalue weighted by atomic mass is 10.0. The molecule has 0 aliphatic carbocycles. The molecule has 14 heavy (non-hydrogen) atoms. The SMILES string of the molecule is CC(=O)/C(=C(\C)N)c1ccc(O)cc1. The van der Waals surface area contributed by atoms with Gasteiger partial charge in [-0.05, 0) is 31.5 Å². The van der Waals surface area contributed by atoms with Crippen molar-refractivity contribution in [3.63, 3.8) is 0 Å². The average molecular weight is 191 g/mol. The van der Waals surface area contributed by atoms with E-state index in [0.717, 1.165) is 5.56 Å². The molecule has 0 bridgehead atoms. The maximum absolute atomic E-state index is 11.3. The van der Waals surface area contributed by atoms with Gasteiger partial charge in [0.15, 0.2) is 5.78 Å². The molecule has 0 spiro atoms. The van der Waals surface area contributed by atoms with Gasteiger partial charge < -0.3 is 10.8 Å². The Hall–Kier alpha value is -1.77. The smallest absolute Gasteiger partial charge is 0.162 e.